The molecular formula is C16H14IN3O. The van der Waals surface area contributed by atoms with E-state index in [1.54, 1.807) is 0 Å². The van der Waals surface area contributed by atoms with E-state index in [0.29, 0.717) is 0 Å². The van der Waals surface area contributed by atoms with Gasteiger partial charge in [-0.05, 0) is 65.4 Å². The van der Waals surface area contributed by atoms with Crippen molar-refractivity contribution in [2.75, 3.05) is 5.32 Å². The van der Waals surface area contributed by atoms with Crippen LogP contribution in [0.5, 0.6) is 0 Å². The number of fused-ring (bicyclic) bond motifs is 1. The van der Waals surface area contributed by atoms with Gasteiger partial charge in [0, 0.05) is 21.7 Å². The highest BCUT2D eigenvalue weighted by Crippen LogP contribution is 2.13. The Hall–Kier alpha value is -1.89. The fourth-order valence-corrected chi connectivity index (χ4v) is 2.55. The molecule has 0 aliphatic heterocycles. The predicted molar refractivity (Wildman–Crippen MR) is 91.4 cm³/mol. The van der Waals surface area contributed by atoms with Crippen molar-refractivity contribution in [3.05, 3.63) is 63.6 Å². The smallest absolute Gasteiger partial charge is 0.230 e. The quantitative estimate of drug-likeness (QED) is 0.696. The third kappa shape index (κ3) is 3.24. The fourth-order valence-electron chi connectivity index (χ4n) is 2.19. The van der Waals surface area contributed by atoms with Crippen LogP contribution in [0.3, 0.4) is 0 Å². The molecule has 0 bridgehead atoms. The van der Waals surface area contributed by atoms with Gasteiger partial charge >= 0.3 is 0 Å². The lowest BCUT2D eigenvalue weighted by atomic mass is 10.3. The van der Waals surface area contributed by atoms with Crippen LogP contribution < -0.4 is 5.32 Å². The minimum Gasteiger partial charge on any atom is -0.326 e. The van der Waals surface area contributed by atoms with Crippen molar-refractivity contribution in [2.24, 2.45) is 0 Å². The van der Waals surface area contributed by atoms with Gasteiger partial charge in [-0.15, -0.1) is 0 Å². The second-order valence-electron chi connectivity index (χ2n) is 4.89. The number of amides is 1. The Labute approximate surface area is 136 Å². The zero-order valence-electron chi connectivity index (χ0n) is 11.5. The van der Waals surface area contributed by atoms with Gasteiger partial charge < -0.3 is 9.72 Å². The molecule has 21 heavy (non-hydrogen) atoms. The van der Waals surface area contributed by atoms with Gasteiger partial charge in [-0.2, -0.15) is 0 Å². The highest BCUT2D eigenvalue weighted by atomic mass is 127. The molecule has 5 heteroatoms. The molecule has 1 aromatic carbocycles. The third-order valence-electron chi connectivity index (χ3n) is 3.20. The SMILES string of the molecule is Cc1cccn2cc(CC(=O)Nc3ccc(I)cc3)nc12. The summed E-state index contributed by atoms with van der Waals surface area (Å²) in [6.45, 7) is 2.01. The van der Waals surface area contributed by atoms with E-state index >= 15 is 0 Å². The minimum atomic E-state index is -0.0581. The Morgan fingerprint density at radius 1 is 1.29 bits per heavy atom. The van der Waals surface area contributed by atoms with Crippen molar-refractivity contribution in [2.45, 2.75) is 13.3 Å². The van der Waals surface area contributed by atoms with Crippen molar-refractivity contribution in [1.82, 2.24) is 9.38 Å². The van der Waals surface area contributed by atoms with Gasteiger partial charge in [0.15, 0.2) is 0 Å². The number of nitrogens with zero attached hydrogens (tertiary/aromatic N) is 2. The Morgan fingerprint density at radius 3 is 2.76 bits per heavy atom. The van der Waals surface area contributed by atoms with E-state index in [0.717, 1.165) is 26.2 Å². The summed E-state index contributed by atoms with van der Waals surface area (Å²) in [7, 11) is 0. The van der Waals surface area contributed by atoms with Crippen LogP contribution in [0.2, 0.25) is 0 Å². The van der Waals surface area contributed by atoms with Crippen LogP contribution in [0.4, 0.5) is 5.69 Å². The molecule has 0 aliphatic rings. The molecule has 4 nitrogen and oxygen atoms in total. The highest BCUT2D eigenvalue weighted by molar-refractivity contribution is 14.1. The van der Waals surface area contributed by atoms with Crippen LogP contribution in [0.25, 0.3) is 5.65 Å². The van der Waals surface area contributed by atoms with Crippen LogP contribution in [0.15, 0.2) is 48.8 Å². The number of carbonyl (C=O) groups is 1. The van der Waals surface area contributed by atoms with Gasteiger partial charge in [-0.25, -0.2) is 4.98 Å². The van der Waals surface area contributed by atoms with Gasteiger partial charge in [-0.3, -0.25) is 4.79 Å². The maximum Gasteiger partial charge on any atom is 0.230 e. The van der Waals surface area contributed by atoms with E-state index in [4.69, 9.17) is 0 Å². The average molecular weight is 391 g/mol. The van der Waals surface area contributed by atoms with E-state index in [1.807, 2.05) is 60.1 Å². The monoisotopic (exact) mass is 391 g/mol. The molecule has 0 spiro atoms. The fraction of sp³-hybridized carbons (Fsp3) is 0.125. The number of halogens is 1. The number of anilines is 1. The second-order valence-corrected chi connectivity index (χ2v) is 6.13. The highest BCUT2D eigenvalue weighted by Gasteiger charge is 2.09. The summed E-state index contributed by atoms with van der Waals surface area (Å²) in [4.78, 5) is 16.6. The van der Waals surface area contributed by atoms with Crippen LogP contribution in [0.1, 0.15) is 11.3 Å². The van der Waals surface area contributed by atoms with Crippen molar-refractivity contribution in [3.63, 3.8) is 0 Å². The normalized spacial score (nSPS) is 10.8. The standard InChI is InChI=1S/C16H14IN3O/c1-11-3-2-8-20-10-14(19-16(11)20)9-15(21)18-13-6-4-12(17)5-7-13/h2-8,10H,9H2,1H3,(H,18,21). The molecule has 0 atom stereocenters. The van der Waals surface area contributed by atoms with Gasteiger partial charge in [0.25, 0.3) is 0 Å². The molecule has 3 aromatic rings. The lowest BCUT2D eigenvalue weighted by Gasteiger charge is -2.03. The number of imidazole rings is 1. The van der Waals surface area contributed by atoms with Gasteiger partial charge in [0.2, 0.25) is 5.91 Å². The summed E-state index contributed by atoms with van der Waals surface area (Å²) < 4.78 is 3.09. The van der Waals surface area contributed by atoms with E-state index in [1.165, 1.54) is 0 Å². The number of pyridine rings is 1. The molecule has 2 aromatic heterocycles. The molecule has 3 rings (SSSR count). The zero-order valence-corrected chi connectivity index (χ0v) is 13.7. The first-order valence-corrected chi connectivity index (χ1v) is 7.68. The summed E-state index contributed by atoms with van der Waals surface area (Å²) in [5, 5.41) is 2.89. The lowest BCUT2D eigenvalue weighted by molar-refractivity contribution is -0.115. The van der Waals surface area contributed by atoms with Gasteiger partial charge in [0.05, 0.1) is 12.1 Å². The summed E-state index contributed by atoms with van der Waals surface area (Å²) in [5.74, 6) is -0.0581. The van der Waals surface area contributed by atoms with Gasteiger partial charge in [-0.1, -0.05) is 6.07 Å². The molecule has 106 valence electrons. The number of benzene rings is 1. The topological polar surface area (TPSA) is 46.4 Å². The number of hydrogen-bond donors (Lipinski definition) is 1. The maximum absolute atomic E-state index is 12.1. The minimum absolute atomic E-state index is 0.0581. The summed E-state index contributed by atoms with van der Waals surface area (Å²) in [6.07, 6.45) is 4.11. The van der Waals surface area contributed by atoms with Crippen molar-refractivity contribution in [3.8, 4) is 0 Å². The maximum atomic E-state index is 12.1. The van der Waals surface area contributed by atoms with Crippen LogP contribution in [-0.4, -0.2) is 15.3 Å². The number of nitrogens with one attached hydrogen (secondary N) is 1. The van der Waals surface area contributed by atoms with Gasteiger partial charge in [0.1, 0.15) is 5.65 Å². The van der Waals surface area contributed by atoms with Crippen molar-refractivity contribution >= 4 is 39.8 Å². The Bertz CT molecular complexity index is 793. The number of hydrogen-bond acceptors (Lipinski definition) is 2. The van der Waals surface area contributed by atoms with E-state index in [2.05, 4.69) is 32.9 Å². The average Bonchev–Trinajstić information content (AvgIpc) is 2.85. The molecule has 0 radical (unpaired) electrons. The van der Waals surface area contributed by atoms with Crippen molar-refractivity contribution in [1.29, 1.82) is 0 Å². The zero-order chi connectivity index (χ0) is 14.8. The molecule has 0 aliphatic carbocycles. The summed E-state index contributed by atoms with van der Waals surface area (Å²) in [5.41, 5.74) is 3.57. The first-order valence-electron chi connectivity index (χ1n) is 6.60. The summed E-state index contributed by atoms with van der Waals surface area (Å²) in [6, 6.07) is 11.7. The first kappa shape index (κ1) is 14.1. The molecule has 1 N–H and O–H groups in total. The molecule has 0 saturated carbocycles. The molecule has 1 amide bonds. The lowest BCUT2D eigenvalue weighted by Crippen LogP contribution is -2.14. The summed E-state index contributed by atoms with van der Waals surface area (Å²) >= 11 is 2.23. The van der Waals surface area contributed by atoms with Crippen LogP contribution in [0, 0.1) is 10.5 Å². The largest absolute Gasteiger partial charge is 0.326 e. The molecular weight excluding hydrogens is 377 g/mol. The molecule has 0 unspecified atom stereocenters. The second kappa shape index (κ2) is 5.85. The number of aryl methyl sites for hydroxylation is 1. The Morgan fingerprint density at radius 2 is 2.05 bits per heavy atom. The number of carbonyl (C=O) groups excluding carboxylic acids is 1. The Kier molecular flexibility index (Phi) is 3.92. The van der Waals surface area contributed by atoms with Crippen LogP contribution >= 0.6 is 22.6 Å². The first-order chi connectivity index (χ1) is 10.1. The number of aromatic nitrogens is 2. The molecule has 0 fully saturated rings. The molecule has 0 saturated heterocycles. The van der Waals surface area contributed by atoms with E-state index < -0.39 is 0 Å². The van der Waals surface area contributed by atoms with E-state index in [-0.39, 0.29) is 12.3 Å². The predicted octanol–water partition coefficient (Wildman–Crippen LogP) is 3.43. The Balaban J connectivity index is 1.74. The van der Waals surface area contributed by atoms with Crippen molar-refractivity contribution < 1.29 is 4.79 Å². The van der Waals surface area contributed by atoms with E-state index in [9.17, 15) is 4.79 Å². The van der Waals surface area contributed by atoms with Crippen LogP contribution in [-0.2, 0) is 11.2 Å². The third-order valence-corrected chi connectivity index (χ3v) is 3.92. The molecule has 2 heterocycles. The number of rotatable bonds is 3.